The minimum atomic E-state index is -3.67. The lowest BCUT2D eigenvalue weighted by atomic mass is 12.0. The van der Waals surface area contributed by atoms with Gasteiger partial charge in [-0.2, -0.15) is 8.42 Å². The first-order chi connectivity index (χ1) is 3.00. The Bertz CT molecular complexity index is 99.2. The first-order valence-electron chi connectivity index (χ1n) is 1.18. The Morgan fingerprint density at radius 1 is 1.38 bits per heavy atom. The van der Waals surface area contributed by atoms with E-state index in [1.807, 2.05) is 0 Å². The second-order valence-electron chi connectivity index (χ2n) is 0.733. The van der Waals surface area contributed by atoms with Gasteiger partial charge in [-0.05, 0) is 0 Å². The first kappa shape index (κ1) is 15.7. The highest BCUT2D eigenvalue weighted by atomic mass is 35.5. The fraction of sp³-hybridized carbons (Fsp3) is 1.00. The van der Waals surface area contributed by atoms with Crippen molar-refractivity contribution in [3.8, 4) is 0 Å². The molecule has 0 amide bonds. The molecule has 0 aromatic rings. The second-order valence-corrected chi connectivity index (χ2v) is 2.20. The van der Waals surface area contributed by atoms with E-state index in [1.54, 1.807) is 0 Å². The molecule has 0 unspecified atom stereocenters. The molecule has 0 aliphatic carbocycles. The van der Waals surface area contributed by atoms with Crippen LogP contribution in [0.2, 0.25) is 0 Å². The van der Waals surface area contributed by atoms with Crippen LogP contribution in [-0.2, 0) is 10.1 Å². The van der Waals surface area contributed by atoms with Crippen LogP contribution in [0.25, 0.3) is 0 Å². The average molecular weight is 166 g/mol. The van der Waals surface area contributed by atoms with Crippen molar-refractivity contribution in [2.75, 3.05) is 6.26 Å². The number of hydrogen-bond acceptors (Lipinski definition) is 4. The van der Waals surface area contributed by atoms with Gasteiger partial charge in [-0.1, -0.05) is 0 Å². The molecule has 4 N–H and O–H groups in total. The van der Waals surface area contributed by atoms with Gasteiger partial charge in [-0.15, -0.1) is 12.4 Å². The lowest BCUT2D eigenvalue weighted by Crippen LogP contribution is -1.88. The van der Waals surface area contributed by atoms with E-state index >= 15 is 0 Å². The van der Waals surface area contributed by atoms with Crippen molar-refractivity contribution in [2.45, 2.75) is 0 Å². The quantitative estimate of drug-likeness (QED) is 0.324. The largest absolute Gasteiger partial charge is 0.320 e. The zero-order valence-electron chi connectivity index (χ0n) is 4.10. The molecule has 54 valence electrons. The highest BCUT2D eigenvalue weighted by Gasteiger charge is 1.81. The van der Waals surface area contributed by atoms with Crippen LogP contribution in [0.3, 0.4) is 0 Å². The molecule has 7 heteroatoms. The van der Waals surface area contributed by atoms with Crippen molar-refractivity contribution in [2.24, 2.45) is 5.90 Å². The Kier molecular flexibility index (Phi) is 14.0. The lowest BCUT2D eigenvalue weighted by Gasteiger charge is -1.69. The summed E-state index contributed by atoms with van der Waals surface area (Å²) in [5, 5.41) is 6.50. The molecular weight excluding hydrogens is 158 g/mol. The monoisotopic (exact) mass is 165 g/mol. The average Bonchev–Trinajstić information content (AvgIpc) is 1.36. The van der Waals surface area contributed by atoms with E-state index in [9.17, 15) is 8.42 Å². The van der Waals surface area contributed by atoms with E-state index in [0.717, 1.165) is 0 Å². The molecule has 5 nitrogen and oxygen atoms in total. The highest BCUT2D eigenvalue weighted by molar-refractivity contribution is 7.85. The normalized spacial score (nSPS) is 8.00. The van der Waals surface area contributed by atoms with Gasteiger partial charge in [-0.3, -0.25) is 4.55 Å². The maximum Gasteiger partial charge on any atom is 0.261 e. The van der Waals surface area contributed by atoms with Crippen molar-refractivity contribution in [3.63, 3.8) is 0 Å². The van der Waals surface area contributed by atoms with Crippen LogP contribution in [0.4, 0.5) is 0 Å². The van der Waals surface area contributed by atoms with Crippen LogP contribution in [0.1, 0.15) is 0 Å². The van der Waals surface area contributed by atoms with Gasteiger partial charge in [0.1, 0.15) is 0 Å². The summed E-state index contributed by atoms with van der Waals surface area (Å²) < 4.78 is 25.9. The molecule has 0 saturated heterocycles. The Labute approximate surface area is 53.6 Å². The van der Waals surface area contributed by atoms with Gasteiger partial charge in [0.05, 0.1) is 6.26 Å². The van der Waals surface area contributed by atoms with Crippen molar-refractivity contribution in [3.05, 3.63) is 0 Å². The molecule has 0 spiro atoms. The molecule has 0 atom stereocenters. The fourth-order valence-corrected chi connectivity index (χ4v) is 0. The number of hydrogen-bond donors (Lipinski definition) is 3. The summed E-state index contributed by atoms with van der Waals surface area (Å²) in [5.41, 5.74) is 0. The zero-order valence-corrected chi connectivity index (χ0v) is 5.74. The predicted molar refractivity (Wildman–Crippen MR) is 30.7 cm³/mol. The molecule has 0 heterocycles. The molecule has 0 aromatic heterocycles. The maximum atomic E-state index is 9.19. The molecule has 0 saturated carbocycles. The van der Waals surface area contributed by atoms with Crippen molar-refractivity contribution in [1.82, 2.24) is 0 Å². The fourth-order valence-electron chi connectivity index (χ4n) is 0. The summed E-state index contributed by atoms with van der Waals surface area (Å²) in [4.78, 5) is 0. The molecule has 0 fully saturated rings. The van der Waals surface area contributed by atoms with Crippen LogP contribution in [0, 0.1) is 0 Å². The van der Waals surface area contributed by atoms with Gasteiger partial charge in [0.25, 0.3) is 10.1 Å². The van der Waals surface area contributed by atoms with Gasteiger partial charge >= 0.3 is 0 Å². The molecule has 0 rings (SSSR count). The standard InChI is InChI=1S/CH4O3S.ClH.H3NO/c1-5(2,3)4;;1-2/h1H3,(H,2,3,4);1H;2H,1H2. The summed E-state index contributed by atoms with van der Waals surface area (Å²) in [6.45, 7) is 0. The maximum absolute atomic E-state index is 9.19. The van der Waals surface area contributed by atoms with Gasteiger partial charge in [0, 0.05) is 0 Å². The highest BCUT2D eigenvalue weighted by Crippen LogP contribution is 1.60. The molecule has 8 heavy (non-hydrogen) atoms. The van der Waals surface area contributed by atoms with E-state index in [-0.39, 0.29) is 12.4 Å². The SMILES string of the molecule is CS(=O)(=O)O.Cl.NO. The van der Waals surface area contributed by atoms with Crippen molar-refractivity contribution >= 4 is 22.5 Å². The predicted octanol–water partition coefficient (Wildman–Crippen LogP) is -0.740. The molecule has 0 aliphatic heterocycles. The summed E-state index contributed by atoms with van der Waals surface area (Å²) in [6, 6.07) is 0. The van der Waals surface area contributed by atoms with Crippen molar-refractivity contribution < 1.29 is 18.2 Å². The van der Waals surface area contributed by atoms with Gasteiger partial charge in [-0.25, -0.2) is 5.90 Å². The summed E-state index contributed by atoms with van der Waals surface area (Å²) in [6.07, 6.45) is 0.715. The first-order valence-corrected chi connectivity index (χ1v) is 3.03. The van der Waals surface area contributed by atoms with Crippen LogP contribution in [0.15, 0.2) is 0 Å². The zero-order chi connectivity index (χ0) is 6.50. The van der Waals surface area contributed by atoms with Crippen LogP contribution >= 0.6 is 12.4 Å². The molecule has 0 radical (unpaired) electrons. The third kappa shape index (κ3) is 11100. The van der Waals surface area contributed by atoms with E-state index in [0.29, 0.717) is 6.26 Å². The van der Waals surface area contributed by atoms with E-state index in [4.69, 9.17) is 9.76 Å². The van der Waals surface area contributed by atoms with Crippen LogP contribution in [-0.4, -0.2) is 24.4 Å². The Morgan fingerprint density at radius 3 is 1.38 bits per heavy atom. The van der Waals surface area contributed by atoms with Crippen LogP contribution in [0.5, 0.6) is 0 Å². The van der Waals surface area contributed by atoms with E-state index in [1.165, 1.54) is 0 Å². The summed E-state index contributed by atoms with van der Waals surface area (Å²) >= 11 is 0. The van der Waals surface area contributed by atoms with Crippen LogP contribution < -0.4 is 5.90 Å². The summed E-state index contributed by atoms with van der Waals surface area (Å²) in [7, 11) is -3.67. The number of nitrogens with two attached hydrogens (primary N) is 1. The third-order valence-corrected chi connectivity index (χ3v) is 0. The van der Waals surface area contributed by atoms with Gasteiger partial charge in [0.15, 0.2) is 0 Å². The molecule has 0 aliphatic rings. The topological polar surface area (TPSA) is 101 Å². The Hall–Kier alpha value is 0.120. The van der Waals surface area contributed by atoms with E-state index < -0.39 is 10.1 Å². The Morgan fingerprint density at radius 2 is 1.38 bits per heavy atom. The second kappa shape index (κ2) is 7.12. The lowest BCUT2D eigenvalue weighted by molar-refractivity contribution is 0.311. The molecule has 0 aromatic carbocycles. The molecular formula is CH8ClNO4S. The van der Waals surface area contributed by atoms with Gasteiger partial charge < -0.3 is 5.21 Å². The Balaban J connectivity index is -0.0000000750. The van der Waals surface area contributed by atoms with Gasteiger partial charge in [0.2, 0.25) is 0 Å². The minimum Gasteiger partial charge on any atom is -0.320 e. The number of rotatable bonds is 0. The summed E-state index contributed by atoms with van der Waals surface area (Å²) in [5.74, 6) is 3.50. The van der Waals surface area contributed by atoms with Crippen molar-refractivity contribution in [1.29, 1.82) is 0 Å². The molecule has 0 bridgehead atoms. The smallest absolute Gasteiger partial charge is 0.261 e. The third-order valence-electron chi connectivity index (χ3n) is 0. The number of halogens is 1. The minimum absolute atomic E-state index is 0. The van der Waals surface area contributed by atoms with E-state index in [2.05, 4.69) is 5.90 Å².